The molecule has 4 rings (SSSR count). The van der Waals surface area contributed by atoms with Crippen molar-refractivity contribution in [3.8, 4) is 0 Å². The van der Waals surface area contributed by atoms with Crippen LogP contribution in [-0.2, 0) is 0 Å². The van der Waals surface area contributed by atoms with Crippen molar-refractivity contribution in [2.24, 2.45) is 0 Å². The molecule has 0 saturated carbocycles. The molecule has 6 nitrogen and oxygen atoms in total. The fourth-order valence-electron chi connectivity index (χ4n) is 3.93. The van der Waals surface area contributed by atoms with E-state index in [0.717, 1.165) is 35.5 Å². The second-order valence-electron chi connectivity index (χ2n) is 8.29. The Morgan fingerprint density at radius 2 is 1.80 bits per heavy atom. The molecule has 2 N–H and O–H groups in total. The lowest BCUT2D eigenvalue weighted by Gasteiger charge is -2.24. The van der Waals surface area contributed by atoms with Crippen molar-refractivity contribution in [1.29, 1.82) is 0 Å². The van der Waals surface area contributed by atoms with Crippen molar-refractivity contribution in [2.75, 3.05) is 30.3 Å². The van der Waals surface area contributed by atoms with Gasteiger partial charge in [0.2, 0.25) is 5.76 Å². The number of rotatable bonds is 8. The van der Waals surface area contributed by atoms with E-state index in [4.69, 9.17) is 4.42 Å². The fraction of sp³-hybridized carbons (Fsp3) is 0.259. The van der Waals surface area contributed by atoms with Gasteiger partial charge in [0.15, 0.2) is 0 Å². The number of oxazole rings is 1. The van der Waals surface area contributed by atoms with Gasteiger partial charge in [0.25, 0.3) is 11.9 Å². The van der Waals surface area contributed by atoms with E-state index in [1.807, 2.05) is 31.2 Å². The number of carbonyl (C=O) groups excluding carboxylic acids is 1. The Balaban J connectivity index is 1.35. The van der Waals surface area contributed by atoms with Crippen molar-refractivity contribution in [3.05, 3.63) is 89.8 Å². The number of benzene rings is 2. The maximum atomic E-state index is 13.8. The van der Waals surface area contributed by atoms with Crippen molar-refractivity contribution in [2.45, 2.75) is 26.2 Å². The third kappa shape index (κ3) is 6.42. The molecular weight excluding hydrogens is 450 g/mol. The van der Waals surface area contributed by atoms with Crippen LogP contribution >= 0.6 is 0 Å². The van der Waals surface area contributed by atoms with E-state index in [0.29, 0.717) is 0 Å². The number of halogens is 2. The second kappa shape index (κ2) is 11.6. The lowest BCUT2D eigenvalue weighted by molar-refractivity contribution is 0.0996. The van der Waals surface area contributed by atoms with Gasteiger partial charge in [0, 0.05) is 12.2 Å². The summed E-state index contributed by atoms with van der Waals surface area (Å²) in [7, 11) is 0. The number of piperidine rings is 1. The Hall–Kier alpha value is -3.78. The molecule has 0 atom stereocenters. The number of amides is 1. The summed E-state index contributed by atoms with van der Waals surface area (Å²) < 4.78 is 32.9. The Morgan fingerprint density at radius 3 is 2.49 bits per heavy atom. The van der Waals surface area contributed by atoms with Gasteiger partial charge < -0.3 is 15.1 Å². The van der Waals surface area contributed by atoms with Crippen LogP contribution in [0.1, 0.15) is 42.3 Å². The second-order valence-corrected chi connectivity index (χ2v) is 8.29. The third-order valence-corrected chi connectivity index (χ3v) is 5.82. The summed E-state index contributed by atoms with van der Waals surface area (Å²) in [5.74, 6) is -2.74. The van der Waals surface area contributed by atoms with Crippen molar-refractivity contribution >= 4 is 28.9 Å². The summed E-state index contributed by atoms with van der Waals surface area (Å²) in [6, 6.07) is 11.2. The first-order valence-electron chi connectivity index (χ1n) is 11.7. The molecule has 8 heteroatoms. The molecule has 0 bridgehead atoms. The van der Waals surface area contributed by atoms with Gasteiger partial charge in [-0.3, -0.25) is 9.69 Å². The first-order valence-corrected chi connectivity index (χ1v) is 11.7. The first-order chi connectivity index (χ1) is 17.0. The predicted octanol–water partition coefficient (Wildman–Crippen LogP) is 6.39. The molecule has 182 valence electrons. The number of hydrogen-bond donors (Lipinski definition) is 2. The van der Waals surface area contributed by atoms with Crippen LogP contribution in [0.15, 0.2) is 71.3 Å². The van der Waals surface area contributed by atoms with Gasteiger partial charge in [-0.25, -0.2) is 13.8 Å². The van der Waals surface area contributed by atoms with Gasteiger partial charge in [-0.2, -0.15) is 0 Å². The highest BCUT2D eigenvalue weighted by Crippen LogP contribution is 2.23. The summed E-state index contributed by atoms with van der Waals surface area (Å²) in [6.45, 7) is 5.31. The van der Waals surface area contributed by atoms with E-state index in [1.165, 1.54) is 44.6 Å². The van der Waals surface area contributed by atoms with Gasteiger partial charge in [0.05, 0.1) is 6.20 Å². The highest BCUT2D eigenvalue weighted by molar-refractivity contribution is 6.02. The minimum atomic E-state index is -0.877. The van der Waals surface area contributed by atoms with Crippen molar-refractivity contribution in [1.82, 2.24) is 9.88 Å². The quantitative estimate of drug-likeness (QED) is 0.367. The lowest BCUT2D eigenvalue weighted by Crippen LogP contribution is -2.29. The largest absolute Gasteiger partial charge is 0.418 e. The number of carbonyl (C=O) groups is 1. The van der Waals surface area contributed by atoms with E-state index >= 15 is 0 Å². The molecule has 0 aliphatic carbocycles. The summed E-state index contributed by atoms with van der Waals surface area (Å²) in [5, 5.41) is 5.16. The van der Waals surface area contributed by atoms with Crippen LogP contribution in [0.25, 0.3) is 5.57 Å². The number of para-hydroxylation sites is 1. The van der Waals surface area contributed by atoms with Crippen LogP contribution in [0.4, 0.5) is 26.2 Å². The molecular formula is C27H28F2N4O2. The zero-order valence-electron chi connectivity index (χ0n) is 19.6. The molecule has 1 aliphatic rings. The first kappa shape index (κ1) is 24.3. The van der Waals surface area contributed by atoms with Gasteiger partial charge >= 0.3 is 0 Å². The maximum absolute atomic E-state index is 13.8. The number of aromatic nitrogens is 1. The van der Waals surface area contributed by atoms with Gasteiger partial charge in [0.1, 0.15) is 17.3 Å². The smallest absolute Gasteiger partial charge is 0.299 e. The number of hydrogen-bond acceptors (Lipinski definition) is 5. The Bertz CT molecular complexity index is 1190. The van der Waals surface area contributed by atoms with Crippen molar-refractivity contribution in [3.63, 3.8) is 0 Å². The SMILES string of the molecule is C/C=C(/C=C/CN1CCCCC1)c1ccc(Nc2ncc(C(=O)Nc3c(F)cccc3F)o2)cc1. The summed E-state index contributed by atoms with van der Waals surface area (Å²) >= 11 is 0. The van der Waals surface area contributed by atoms with E-state index in [1.54, 1.807) is 0 Å². The van der Waals surface area contributed by atoms with E-state index in [-0.39, 0.29) is 11.8 Å². The summed E-state index contributed by atoms with van der Waals surface area (Å²) in [6.07, 6.45) is 11.5. The minimum Gasteiger partial charge on any atom is -0.418 e. The molecule has 3 aromatic rings. The Labute approximate surface area is 203 Å². The van der Waals surface area contributed by atoms with Crippen LogP contribution < -0.4 is 10.6 Å². The average Bonchev–Trinajstić information content (AvgIpc) is 3.34. The molecule has 1 aromatic heterocycles. The highest BCUT2D eigenvalue weighted by Gasteiger charge is 2.17. The standard InChI is InChI=1S/C27H28F2N4O2/c1-2-19(8-7-17-33-15-4-3-5-16-33)20-11-13-21(14-12-20)31-27-30-18-24(35-27)26(34)32-25-22(28)9-6-10-23(25)29/h2,6-14,18H,3-5,15-17H2,1H3,(H,30,31)(H,32,34)/b8-7+,19-2-. The summed E-state index contributed by atoms with van der Waals surface area (Å²) in [4.78, 5) is 18.8. The van der Waals surface area contributed by atoms with Gasteiger partial charge in [-0.1, -0.05) is 42.8 Å². The molecule has 1 fully saturated rings. The minimum absolute atomic E-state index is 0.0876. The molecule has 0 unspecified atom stereocenters. The average molecular weight is 479 g/mol. The number of nitrogens with zero attached hydrogens (tertiary/aromatic N) is 2. The molecule has 2 aromatic carbocycles. The normalized spacial score (nSPS) is 14.9. The van der Waals surface area contributed by atoms with Crippen LogP contribution in [0.5, 0.6) is 0 Å². The predicted molar refractivity (Wildman–Crippen MR) is 134 cm³/mol. The Kier molecular flexibility index (Phi) is 8.05. The highest BCUT2D eigenvalue weighted by atomic mass is 19.1. The molecule has 0 spiro atoms. The number of anilines is 3. The molecule has 1 amide bonds. The zero-order chi connectivity index (χ0) is 24.6. The van der Waals surface area contributed by atoms with Crippen LogP contribution in [0, 0.1) is 11.6 Å². The monoisotopic (exact) mass is 478 g/mol. The van der Waals surface area contributed by atoms with Crippen LogP contribution in [0.3, 0.4) is 0 Å². The molecule has 1 saturated heterocycles. The molecule has 2 heterocycles. The van der Waals surface area contributed by atoms with E-state index in [2.05, 4.69) is 38.7 Å². The van der Waals surface area contributed by atoms with Gasteiger partial charge in [-0.05, 0) is 68.3 Å². The zero-order valence-corrected chi connectivity index (χ0v) is 19.6. The van der Waals surface area contributed by atoms with Crippen LogP contribution in [0.2, 0.25) is 0 Å². The summed E-state index contributed by atoms with van der Waals surface area (Å²) in [5.41, 5.74) is 2.38. The topological polar surface area (TPSA) is 70.4 Å². The molecule has 35 heavy (non-hydrogen) atoms. The van der Waals surface area contributed by atoms with Gasteiger partial charge in [-0.15, -0.1) is 0 Å². The van der Waals surface area contributed by atoms with E-state index < -0.39 is 23.2 Å². The maximum Gasteiger partial charge on any atom is 0.299 e. The lowest BCUT2D eigenvalue weighted by atomic mass is 10.0. The Morgan fingerprint density at radius 1 is 1.09 bits per heavy atom. The molecule has 1 aliphatic heterocycles. The van der Waals surface area contributed by atoms with E-state index in [9.17, 15) is 13.6 Å². The number of likely N-dealkylation sites (tertiary alicyclic amines) is 1. The molecule has 0 radical (unpaired) electrons. The van der Waals surface area contributed by atoms with Crippen molar-refractivity contribution < 1.29 is 18.0 Å². The van der Waals surface area contributed by atoms with Crippen LogP contribution in [-0.4, -0.2) is 35.4 Å². The third-order valence-electron chi connectivity index (χ3n) is 5.82. The fourth-order valence-corrected chi connectivity index (χ4v) is 3.93. The number of allylic oxidation sites excluding steroid dienone is 3. The number of nitrogens with one attached hydrogen (secondary N) is 2.